The van der Waals surface area contributed by atoms with Crippen LogP contribution in [0.5, 0.6) is 40.2 Å². The summed E-state index contributed by atoms with van der Waals surface area (Å²) >= 11 is 0. The van der Waals surface area contributed by atoms with Crippen molar-refractivity contribution in [1.82, 2.24) is 0 Å². The van der Waals surface area contributed by atoms with Crippen LogP contribution in [0.15, 0.2) is 158 Å². The van der Waals surface area contributed by atoms with Gasteiger partial charge in [-0.25, -0.2) is 0 Å². The summed E-state index contributed by atoms with van der Waals surface area (Å²) in [6.45, 7) is 25.1. The lowest BCUT2D eigenvalue weighted by molar-refractivity contribution is -0.896. The molecule has 2 saturated heterocycles. The Balaban J connectivity index is 0.866. The summed E-state index contributed by atoms with van der Waals surface area (Å²) in [7, 11) is 12.9. The third-order valence-electron chi connectivity index (χ3n) is 22.6. The van der Waals surface area contributed by atoms with Gasteiger partial charge in [0.1, 0.15) is 66.7 Å². The predicted octanol–water partition coefficient (Wildman–Crippen LogP) is 19.9. The van der Waals surface area contributed by atoms with Crippen LogP contribution >= 0.6 is 0 Å². The van der Waals surface area contributed by atoms with Crippen LogP contribution in [0.3, 0.4) is 0 Å². The molecule has 0 radical (unpaired) electrons. The molecule has 0 N–H and O–H groups in total. The SMILES string of the molecule is COc1cc(C)cc(OC)c1-c1c2cc(C)cc1OCC1CCCCC(CCCCc3ccc(cc3)C3(CC[N+](C)(C)CC3)c3ccc(cc3)OCc3cc(cc(C(C)(C)C)c3)COc3ccc(cc3)C3(CC[N+](C)(C)CC3)c3ccc(cc3)OCc3cc(cc(C(C)(C)C)c3)CO1)CO2. The van der Waals surface area contributed by atoms with Gasteiger partial charge in [-0.3, -0.25) is 0 Å². The summed E-state index contributed by atoms with van der Waals surface area (Å²) in [6.07, 6.45) is 12.4. The highest BCUT2D eigenvalue weighted by Gasteiger charge is 2.43. The number of aryl methyl sites for hydroxylation is 3. The van der Waals surface area contributed by atoms with E-state index in [0.29, 0.717) is 57.1 Å². The van der Waals surface area contributed by atoms with E-state index in [2.05, 4.69) is 241 Å². The number of quaternary nitrogens is 2. The van der Waals surface area contributed by atoms with Crippen LogP contribution in [-0.2, 0) is 59.2 Å². The molecule has 0 saturated carbocycles. The average molecular weight is 1350 g/mol. The second kappa shape index (κ2) is 30.4. The second-order valence-corrected chi connectivity index (χ2v) is 33.3. The molecule has 10 heteroatoms. The Morgan fingerprint density at radius 3 is 1.17 bits per heavy atom. The zero-order chi connectivity index (χ0) is 70.5. The second-order valence-electron chi connectivity index (χ2n) is 33.3. The number of nitrogens with zero attached hydrogens (tertiary/aromatic N) is 2. The highest BCUT2D eigenvalue weighted by molar-refractivity contribution is 5.86. The van der Waals surface area contributed by atoms with Gasteiger partial charge in [0.15, 0.2) is 0 Å². The number of fused-ring (bicyclic) bond motifs is 4. The molecule has 10 nitrogen and oxygen atoms in total. The highest BCUT2D eigenvalue weighted by atomic mass is 16.5. The Morgan fingerprint density at radius 2 is 0.760 bits per heavy atom. The fraction of sp³-hybridized carbons (Fsp3) is 0.467. The first-order valence-corrected chi connectivity index (χ1v) is 37.3. The van der Waals surface area contributed by atoms with Crippen molar-refractivity contribution in [2.45, 2.75) is 187 Å². The van der Waals surface area contributed by atoms with Crippen molar-refractivity contribution in [2.24, 2.45) is 5.92 Å². The Kier molecular flexibility index (Phi) is 21.9. The first-order chi connectivity index (χ1) is 47.8. The molecule has 0 aromatic heterocycles. The van der Waals surface area contributed by atoms with Crippen molar-refractivity contribution >= 4 is 0 Å². The molecule has 2 spiro atoms. The van der Waals surface area contributed by atoms with Gasteiger partial charge in [0.25, 0.3) is 0 Å². The number of hydrogen-bond acceptors (Lipinski definition) is 8. The van der Waals surface area contributed by atoms with Gasteiger partial charge < -0.3 is 46.9 Å². The van der Waals surface area contributed by atoms with Crippen molar-refractivity contribution < 1.29 is 46.9 Å². The van der Waals surface area contributed by atoms with Crippen molar-refractivity contribution in [1.29, 1.82) is 0 Å². The number of benzene rings is 8. The summed E-state index contributed by atoms with van der Waals surface area (Å²) in [4.78, 5) is 0. The molecule has 17 rings (SSSR count). The van der Waals surface area contributed by atoms with Crippen LogP contribution in [0.25, 0.3) is 11.1 Å². The normalized spacial score (nSPS) is 19.9. The maximum atomic E-state index is 7.12. The number of likely N-dealkylation sites (tertiary alicyclic amines) is 2. The zero-order valence-electron chi connectivity index (χ0n) is 62.9. The van der Waals surface area contributed by atoms with E-state index < -0.39 is 0 Å². The van der Waals surface area contributed by atoms with Gasteiger partial charge in [-0.2, -0.15) is 0 Å². The van der Waals surface area contributed by atoms with Gasteiger partial charge in [-0.05, 0) is 202 Å². The fourth-order valence-corrected chi connectivity index (χ4v) is 15.9. The average Bonchev–Trinajstić information content (AvgIpc) is 0.773. The van der Waals surface area contributed by atoms with Gasteiger partial charge in [0.05, 0.1) is 99.0 Å². The molecule has 100 heavy (non-hydrogen) atoms. The number of piperidine rings is 2. The number of hydrogen-bond donors (Lipinski definition) is 0. The number of ether oxygens (including phenoxy) is 8. The van der Waals surface area contributed by atoms with Gasteiger partial charge >= 0.3 is 0 Å². The van der Waals surface area contributed by atoms with Crippen molar-refractivity contribution in [2.75, 3.05) is 81.8 Å². The molecule has 8 aromatic carbocycles. The smallest absolute Gasteiger partial charge is 0.131 e. The summed E-state index contributed by atoms with van der Waals surface area (Å²) in [5.74, 6) is 5.87. The van der Waals surface area contributed by atoms with E-state index in [-0.39, 0.29) is 27.8 Å². The minimum absolute atomic E-state index is 0.0544. The lowest BCUT2D eigenvalue weighted by Gasteiger charge is -2.45. The topological polar surface area (TPSA) is 73.8 Å². The summed E-state index contributed by atoms with van der Waals surface area (Å²) in [6, 6.07) is 59.0. The van der Waals surface area contributed by atoms with E-state index in [1.54, 1.807) is 14.2 Å². The van der Waals surface area contributed by atoms with Crippen molar-refractivity contribution in [3.05, 3.63) is 230 Å². The Bertz CT molecular complexity index is 4020. The van der Waals surface area contributed by atoms with Crippen LogP contribution in [0.2, 0.25) is 0 Å². The molecular formula is C90H114N2O8+2. The van der Waals surface area contributed by atoms with Gasteiger partial charge in [0.2, 0.25) is 0 Å². The summed E-state index contributed by atoms with van der Waals surface area (Å²) < 4.78 is 55.8. The van der Waals surface area contributed by atoms with E-state index in [1.165, 1.54) is 38.9 Å². The molecule has 0 aliphatic carbocycles. The lowest BCUT2D eigenvalue weighted by Crippen LogP contribution is -2.51. The van der Waals surface area contributed by atoms with Gasteiger partial charge in [0, 0.05) is 36.5 Å². The maximum Gasteiger partial charge on any atom is 0.131 e. The first kappa shape index (κ1) is 72.0. The maximum absolute atomic E-state index is 7.12. The van der Waals surface area contributed by atoms with Gasteiger partial charge in [-0.1, -0.05) is 152 Å². The number of methoxy groups -OCH3 is 2. The molecule has 9 aliphatic heterocycles. The van der Waals surface area contributed by atoms with Crippen LogP contribution < -0.4 is 33.2 Å². The zero-order valence-corrected chi connectivity index (χ0v) is 62.9. The Labute approximate surface area is 599 Å². The van der Waals surface area contributed by atoms with Gasteiger partial charge in [-0.15, -0.1) is 0 Å². The molecule has 2 atom stereocenters. The van der Waals surface area contributed by atoms with E-state index in [0.717, 1.165) is 185 Å². The summed E-state index contributed by atoms with van der Waals surface area (Å²) in [5, 5.41) is 0. The van der Waals surface area contributed by atoms with E-state index in [1.807, 2.05) is 0 Å². The molecule has 2 fully saturated rings. The summed E-state index contributed by atoms with van der Waals surface area (Å²) in [5.41, 5.74) is 17.2. The highest BCUT2D eigenvalue weighted by Crippen LogP contribution is 2.51. The van der Waals surface area contributed by atoms with Crippen LogP contribution in [0.4, 0.5) is 0 Å². The van der Waals surface area contributed by atoms with Crippen LogP contribution in [0, 0.1) is 19.8 Å². The molecule has 16 bridgehead atoms. The van der Waals surface area contributed by atoms with E-state index in [4.69, 9.17) is 37.9 Å². The third-order valence-corrected chi connectivity index (χ3v) is 22.6. The molecule has 9 aliphatic rings. The number of rotatable bonds is 3. The quantitative estimate of drug-likeness (QED) is 0.162. The Hall–Kier alpha value is -7.76. The third kappa shape index (κ3) is 17.2. The minimum Gasteiger partial charge on any atom is -0.496 e. The molecule has 0 amide bonds. The standard InChI is InChI=1S/C90H114N2O8/c1-63-47-81(93-13)85(82(48-63)94-14)86-83-49-64(2)50-84(86)100-62-80-22-18-17-21-66(57-99-83)20-16-15-19-65-23-25-71(26-24-65)89(39-43-91(9,10)44-40-89)72-27-33-77(34-28-72)95-58-67-51-68(54-75(53-67)87(3,4)5)59-96-78-35-29-73(30-36-78)90(41-45-92(11,12)46-42-90)74-31-37-79(38-32-74)97-60-69-52-70(61-98-80)56-76(55-69)88(6,7)8/h23-38,47-56,66,80H,15-22,39-46,57-62H2,1-14H3/q+2. The Morgan fingerprint density at radius 1 is 0.390 bits per heavy atom. The molecule has 2 unspecified atom stereocenters. The van der Waals surface area contributed by atoms with E-state index in [9.17, 15) is 0 Å². The van der Waals surface area contributed by atoms with Crippen LogP contribution in [0.1, 0.15) is 184 Å². The molecule has 8 aromatic rings. The molecule has 9 heterocycles. The van der Waals surface area contributed by atoms with Crippen molar-refractivity contribution in [3.63, 3.8) is 0 Å². The van der Waals surface area contributed by atoms with E-state index >= 15 is 0 Å². The minimum atomic E-state index is -0.177. The predicted molar refractivity (Wildman–Crippen MR) is 406 cm³/mol. The fourth-order valence-electron chi connectivity index (χ4n) is 15.9. The monoisotopic (exact) mass is 1350 g/mol. The first-order valence-electron chi connectivity index (χ1n) is 37.3. The molecular weight excluding hydrogens is 1240 g/mol. The lowest BCUT2D eigenvalue weighted by atomic mass is 9.67. The van der Waals surface area contributed by atoms with Crippen molar-refractivity contribution in [3.8, 4) is 51.4 Å². The largest absolute Gasteiger partial charge is 0.496 e. The molecule has 530 valence electrons. The van der Waals surface area contributed by atoms with Crippen LogP contribution in [-0.4, -0.2) is 96.9 Å².